The quantitative estimate of drug-likeness (QED) is 0.391. The van der Waals surface area contributed by atoms with E-state index in [1.54, 1.807) is 0 Å². The zero-order valence-corrected chi connectivity index (χ0v) is 19.6. The molecule has 3 atom stereocenters. The summed E-state index contributed by atoms with van der Waals surface area (Å²) in [6.45, 7) is -1.28. The van der Waals surface area contributed by atoms with E-state index >= 15 is 0 Å². The number of benzene rings is 2. The number of halogens is 9. The Bertz CT molecular complexity index is 1240. The average Bonchev–Trinajstić information content (AvgIpc) is 2.81. The third kappa shape index (κ3) is 7.11. The van der Waals surface area contributed by atoms with Crippen molar-refractivity contribution in [1.29, 1.82) is 0 Å². The number of fused-ring (bicyclic) bond motifs is 1. The number of anilines is 1. The number of allylic oxidation sites excluding steroid dienone is 2. The molecular formula is C25H20F9NO4. The van der Waals surface area contributed by atoms with Crippen molar-refractivity contribution in [2.45, 2.75) is 37.5 Å². The summed E-state index contributed by atoms with van der Waals surface area (Å²) in [6.07, 6.45) is -14.0. The molecule has 1 aliphatic heterocycles. The highest BCUT2D eigenvalue weighted by Crippen LogP contribution is 2.45. The molecule has 212 valence electrons. The number of aliphatic hydroxyl groups is 1. The lowest BCUT2D eigenvalue weighted by atomic mass is 9.89. The number of aliphatic hydroxyl groups excluding tert-OH is 1. The fourth-order valence-electron chi connectivity index (χ4n) is 4.45. The molecule has 0 amide bonds. The summed E-state index contributed by atoms with van der Waals surface area (Å²) in [5.41, 5.74) is 0.491. The first-order valence-electron chi connectivity index (χ1n) is 11.4. The van der Waals surface area contributed by atoms with Gasteiger partial charge in [-0.25, -0.2) is 0 Å². The Morgan fingerprint density at radius 1 is 0.949 bits per heavy atom. The third-order valence-corrected chi connectivity index (χ3v) is 6.03. The predicted octanol–water partition coefficient (Wildman–Crippen LogP) is 6.74. The second-order valence-electron chi connectivity index (χ2n) is 8.74. The van der Waals surface area contributed by atoms with Crippen molar-refractivity contribution in [2.24, 2.45) is 5.92 Å². The number of hydrogen-bond acceptors (Lipinski definition) is 5. The first-order chi connectivity index (χ1) is 18.1. The summed E-state index contributed by atoms with van der Waals surface area (Å²) < 4.78 is 130. The van der Waals surface area contributed by atoms with E-state index < -0.39 is 55.0 Å². The number of nitrogens with zero attached hydrogens (tertiary/aromatic N) is 1. The molecule has 2 aromatic rings. The van der Waals surface area contributed by atoms with Gasteiger partial charge in [0.15, 0.2) is 11.9 Å². The summed E-state index contributed by atoms with van der Waals surface area (Å²) in [5, 5.41) is 9.88. The van der Waals surface area contributed by atoms with E-state index in [-0.39, 0.29) is 35.6 Å². The molecule has 2 aromatic carbocycles. The van der Waals surface area contributed by atoms with Crippen LogP contribution in [0.3, 0.4) is 0 Å². The van der Waals surface area contributed by atoms with Gasteiger partial charge in [0.05, 0.1) is 18.3 Å². The molecule has 0 fully saturated rings. The van der Waals surface area contributed by atoms with Crippen LogP contribution in [0.1, 0.15) is 6.42 Å². The summed E-state index contributed by atoms with van der Waals surface area (Å²) in [7, 11) is 0. The molecular weight excluding hydrogens is 549 g/mol. The maximum Gasteiger partial charge on any atom is 0.573 e. The second kappa shape index (κ2) is 10.5. The molecule has 1 heterocycles. The molecule has 0 bridgehead atoms. The monoisotopic (exact) mass is 569 g/mol. The maximum atomic E-state index is 13.3. The maximum absolute atomic E-state index is 13.3. The molecule has 0 aromatic heterocycles. The Hall–Kier alpha value is -3.55. The van der Waals surface area contributed by atoms with Crippen molar-refractivity contribution < 1.29 is 58.8 Å². The van der Waals surface area contributed by atoms with E-state index in [0.29, 0.717) is 0 Å². The van der Waals surface area contributed by atoms with Crippen LogP contribution in [0.15, 0.2) is 66.5 Å². The molecule has 0 saturated heterocycles. The minimum Gasteiger partial charge on any atom is -0.489 e. The number of rotatable bonds is 6. The van der Waals surface area contributed by atoms with E-state index in [4.69, 9.17) is 4.74 Å². The smallest absolute Gasteiger partial charge is 0.489 e. The van der Waals surface area contributed by atoms with Crippen LogP contribution < -0.4 is 14.4 Å². The zero-order valence-electron chi connectivity index (χ0n) is 19.6. The normalized spacial score (nSPS) is 20.6. The fourth-order valence-corrected chi connectivity index (χ4v) is 4.45. The van der Waals surface area contributed by atoms with Crippen molar-refractivity contribution in [3.63, 3.8) is 0 Å². The first-order valence-corrected chi connectivity index (χ1v) is 11.4. The van der Waals surface area contributed by atoms with Crippen molar-refractivity contribution in [3.05, 3.63) is 66.5 Å². The number of hydrogen-bond donors (Lipinski definition) is 1. The molecule has 2 aliphatic rings. The highest BCUT2D eigenvalue weighted by Gasteiger charge is 2.43. The van der Waals surface area contributed by atoms with Gasteiger partial charge in [-0.2, -0.15) is 13.2 Å². The molecule has 1 aliphatic carbocycles. The number of alkyl halides is 9. The summed E-state index contributed by atoms with van der Waals surface area (Å²) in [4.78, 5) is 1.18. The molecule has 39 heavy (non-hydrogen) atoms. The number of ether oxygens (including phenoxy) is 3. The summed E-state index contributed by atoms with van der Waals surface area (Å²) in [5.74, 6) is -1.86. The van der Waals surface area contributed by atoms with E-state index in [9.17, 15) is 44.6 Å². The average molecular weight is 569 g/mol. The van der Waals surface area contributed by atoms with Crippen LogP contribution in [0.25, 0.3) is 11.1 Å². The van der Waals surface area contributed by atoms with Crippen LogP contribution in [-0.2, 0) is 4.74 Å². The van der Waals surface area contributed by atoms with Gasteiger partial charge in [-0.3, -0.25) is 0 Å². The van der Waals surface area contributed by atoms with E-state index in [0.717, 1.165) is 24.3 Å². The third-order valence-electron chi connectivity index (χ3n) is 6.03. The Morgan fingerprint density at radius 3 is 2.31 bits per heavy atom. The van der Waals surface area contributed by atoms with Gasteiger partial charge in [0.25, 0.3) is 0 Å². The first kappa shape index (κ1) is 28.5. The Morgan fingerprint density at radius 2 is 1.64 bits per heavy atom. The molecule has 0 saturated carbocycles. The van der Waals surface area contributed by atoms with Crippen LogP contribution in [-0.4, -0.2) is 49.3 Å². The molecule has 0 spiro atoms. The Labute approximate surface area is 215 Å². The SMILES string of the molecule is O[C@H](CN1c2cccc(-c3cccc(OC(F)(F)F)c3)c2OCC1[C@@H]1C=C(OC(F)(F)F)C=CC1)C(F)(F)F. The van der Waals surface area contributed by atoms with Gasteiger partial charge in [0, 0.05) is 11.5 Å². The van der Waals surface area contributed by atoms with E-state index in [1.165, 1.54) is 41.3 Å². The largest absolute Gasteiger partial charge is 0.573 e. The van der Waals surface area contributed by atoms with Gasteiger partial charge < -0.3 is 24.2 Å². The van der Waals surface area contributed by atoms with Gasteiger partial charge in [-0.15, -0.1) is 26.3 Å². The molecule has 14 heteroatoms. The van der Waals surface area contributed by atoms with Gasteiger partial charge >= 0.3 is 18.9 Å². The predicted molar refractivity (Wildman–Crippen MR) is 120 cm³/mol. The van der Waals surface area contributed by atoms with Crippen LogP contribution >= 0.6 is 0 Å². The van der Waals surface area contributed by atoms with Crippen LogP contribution in [0.5, 0.6) is 11.5 Å². The van der Waals surface area contributed by atoms with E-state index in [1.807, 2.05) is 0 Å². The highest BCUT2D eigenvalue weighted by atomic mass is 19.4. The minimum absolute atomic E-state index is 0.0226. The minimum atomic E-state index is -5.00. The fraction of sp³-hybridized carbons (Fsp3) is 0.360. The van der Waals surface area contributed by atoms with Gasteiger partial charge in [-0.1, -0.05) is 30.3 Å². The molecule has 1 unspecified atom stereocenters. The van der Waals surface area contributed by atoms with Crippen molar-refractivity contribution in [2.75, 3.05) is 18.1 Å². The standard InChI is InChI=1S/C25H20F9NO4/c26-23(27,28)21(36)12-35-19-9-3-8-18(14-4-1-6-16(10-14)38-24(29,30)31)22(19)37-13-20(35)15-5-2-7-17(11-15)39-25(32,33)34/h1-4,6-11,15,20-21,36H,5,12-13H2/t15-,20?,21+/m0/s1. The van der Waals surface area contributed by atoms with Crippen LogP contribution in [0.2, 0.25) is 0 Å². The van der Waals surface area contributed by atoms with Gasteiger partial charge in [0.2, 0.25) is 0 Å². The molecule has 4 rings (SSSR count). The topological polar surface area (TPSA) is 51.2 Å². The lowest BCUT2D eigenvalue weighted by molar-refractivity contribution is -0.303. The van der Waals surface area contributed by atoms with Gasteiger partial charge in [0.1, 0.15) is 18.1 Å². The second-order valence-corrected chi connectivity index (χ2v) is 8.74. The Balaban J connectivity index is 1.73. The lowest BCUT2D eigenvalue weighted by Crippen LogP contribution is -2.52. The summed E-state index contributed by atoms with van der Waals surface area (Å²) >= 11 is 0. The molecule has 0 radical (unpaired) electrons. The van der Waals surface area contributed by atoms with Crippen LogP contribution in [0.4, 0.5) is 45.2 Å². The highest BCUT2D eigenvalue weighted by molar-refractivity contribution is 5.80. The number of β-amino-alcohol motifs (C(OH)–C–C–N with tert-alkyl or cyclic N) is 1. The Kier molecular flexibility index (Phi) is 7.70. The van der Waals surface area contributed by atoms with Crippen LogP contribution in [0, 0.1) is 5.92 Å². The number of para-hydroxylation sites is 1. The molecule has 5 nitrogen and oxygen atoms in total. The van der Waals surface area contributed by atoms with Crippen molar-refractivity contribution >= 4 is 5.69 Å². The van der Waals surface area contributed by atoms with Gasteiger partial charge in [-0.05, 0) is 42.3 Å². The van der Waals surface area contributed by atoms with E-state index in [2.05, 4.69) is 9.47 Å². The molecule has 1 N–H and O–H groups in total. The van der Waals surface area contributed by atoms with Crippen molar-refractivity contribution in [1.82, 2.24) is 0 Å². The van der Waals surface area contributed by atoms with Crippen molar-refractivity contribution in [3.8, 4) is 22.6 Å². The zero-order chi connectivity index (χ0) is 28.6. The summed E-state index contributed by atoms with van der Waals surface area (Å²) in [6, 6.07) is 8.21. The lowest BCUT2D eigenvalue weighted by Gasteiger charge is -2.43.